The van der Waals surface area contributed by atoms with Gasteiger partial charge in [-0.05, 0) is 37.3 Å². The molecule has 0 unspecified atom stereocenters. The first-order valence-electron chi connectivity index (χ1n) is 9.98. The Morgan fingerprint density at radius 1 is 1.07 bits per heavy atom. The number of nitrogens with zero attached hydrogens (tertiary/aromatic N) is 3. The zero-order valence-corrected chi connectivity index (χ0v) is 18.0. The van der Waals surface area contributed by atoms with E-state index >= 15 is 0 Å². The van der Waals surface area contributed by atoms with Crippen LogP contribution >= 0.6 is 11.3 Å². The molecule has 0 bridgehead atoms. The third kappa shape index (κ3) is 4.22. The molecular weight excluding hydrogens is 388 g/mol. The number of fused-ring (bicyclic) bond motifs is 1. The van der Waals surface area contributed by atoms with Gasteiger partial charge in [-0.1, -0.05) is 51.2 Å². The number of rotatable bonds is 8. The first kappa shape index (κ1) is 21.1. The molecule has 8 heteroatoms. The maximum atomic E-state index is 13.1. The monoisotopic (exact) mass is 414 g/mol. The molecule has 0 saturated carbocycles. The van der Waals surface area contributed by atoms with Crippen LogP contribution in [0.4, 0.5) is 5.13 Å². The van der Waals surface area contributed by atoms with Gasteiger partial charge in [-0.25, -0.2) is 0 Å². The van der Waals surface area contributed by atoms with Gasteiger partial charge < -0.3 is 0 Å². The summed E-state index contributed by atoms with van der Waals surface area (Å²) in [5, 5.41) is 12.3. The van der Waals surface area contributed by atoms with Crippen molar-refractivity contribution in [2.45, 2.75) is 58.9 Å². The standard InChI is InChI=1S/C21H26N4O3S/c1-5-13(6-2)18-23-24-21(29-18)22-17(26)16(11-12(3)4)25-19(27)14-9-7-8-10-15(14)20(25)28/h7-10,12-13,16H,5-6,11H2,1-4H3,(H,22,24,26)/t16-/m0/s1. The molecule has 1 N–H and O–H groups in total. The van der Waals surface area contributed by atoms with E-state index in [9.17, 15) is 14.4 Å². The van der Waals surface area contributed by atoms with E-state index in [-0.39, 0.29) is 5.92 Å². The molecule has 0 spiro atoms. The number of amides is 3. The highest BCUT2D eigenvalue weighted by Crippen LogP contribution is 2.30. The summed E-state index contributed by atoms with van der Waals surface area (Å²) in [5.74, 6) is -0.853. The highest BCUT2D eigenvalue weighted by Gasteiger charge is 2.43. The third-order valence-electron chi connectivity index (χ3n) is 5.14. The van der Waals surface area contributed by atoms with Crippen LogP contribution in [0, 0.1) is 5.92 Å². The average Bonchev–Trinajstić information content (AvgIpc) is 3.25. The Bertz CT molecular complexity index is 885. The second-order valence-electron chi connectivity index (χ2n) is 7.62. The highest BCUT2D eigenvalue weighted by atomic mass is 32.1. The van der Waals surface area contributed by atoms with Crippen LogP contribution in [0.15, 0.2) is 24.3 Å². The second-order valence-corrected chi connectivity index (χ2v) is 8.63. The van der Waals surface area contributed by atoms with Gasteiger partial charge >= 0.3 is 0 Å². The van der Waals surface area contributed by atoms with Crippen LogP contribution < -0.4 is 5.32 Å². The molecule has 7 nitrogen and oxygen atoms in total. The van der Waals surface area contributed by atoms with E-state index in [4.69, 9.17) is 0 Å². The van der Waals surface area contributed by atoms with E-state index < -0.39 is 23.8 Å². The van der Waals surface area contributed by atoms with E-state index in [0.29, 0.717) is 28.6 Å². The minimum atomic E-state index is -0.900. The van der Waals surface area contributed by atoms with Crippen LogP contribution in [0.5, 0.6) is 0 Å². The smallest absolute Gasteiger partial charge is 0.262 e. The molecule has 0 aliphatic carbocycles. The van der Waals surface area contributed by atoms with Gasteiger partial charge in [-0.2, -0.15) is 0 Å². The van der Waals surface area contributed by atoms with Crippen LogP contribution in [0.2, 0.25) is 0 Å². The molecule has 154 valence electrons. The first-order valence-corrected chi connectivity index (χ1v) is 10.8. The molecule has 2 aromatic rings. The van der Waals surface area contributed by atoms with Crippen molar-refractivity contribution in [1.29, 1.82) is 0 Å². The fourth-order valence-electron chi connectivity index (χ4n) is 3.54. The molecule has 3 rings (SSSR count). The Morgan fingerprint density at radius 2 is 1.66 bits per heavy atom. The van der Waals surface area contributed by atoms with Gasteiger partial charge in [0.15, 0.2) is 0 Å². The third-order valence-corrected chi connectivity index (χ3v) is 6.14. The zero-order chi connectivity index (χ0) is 21.1. The maximum absolute atomic E-state index is 13.1. The Kier molecular flexibility index (Phi) is 6.42. The summed E-state index contributed by atoms with van der Waals surface area (Å²) in [4.78, 5) is 39.9. The summed E-state index contributed by atoms with van der Waals surface area (Å²) in [6.07, 6.45) is 2.27. The van der Waals surface area contributed by atoms with Crippen LogP contribution in [-0.4, -0.2) is 38.9 Å². The lowest BCUT2D eigenvalue weighted by Gasteiger charge is -2.26. The number of imide groups is 1. The van der Waals surface area contributed by atoms with Gasteiger partial charge in [-0.3, -0.25) is 24.6 Å². The number of aromatic nitrogens is 2. The summed E-state index contributed by atoms with van der Waals surface area (Å²) in [7, 11) is 0. The fraction of sp³-hybridized carbons (Fsp3) is 0.476. The minimum absolute atomic E-state index is 0.115. The van der Waals surface area contributed by atoms with Crippen LogP contribution in [0.25, 0.3) is 0 Å². The van der Waals surface area contributed by atoms with Crippen molar-refractivity contribution in [3.8, 4) is 0 Å². The molecule has 3 amide bonds. The number of carbonyl (C=O) groups excluding carboxylic acids is 3. The summed E-state index contributed by atoms with van der Waals surface area (Å²) >= 11 is 1.34. The summed E-state index contributed by atoms with van der Waals surface area (Å²) in [6, 6.07) is 5.76. The summed E-state index contributed by atoms with van der Waals surface area (Å²) in [5.41, 5.74) is 0.678. The van der Waals surface area contributed by atoms with Crippen LogP contribution in [-0.2, 0) is 4.79 Å². The molecule has 1 aliphatic rings. The highest BCUT2D eigenvalue weighted by molar-refractivity contribution is 7.15. The van der Waals surface area contributed by atoms with Gasteiger partial charge in [0.2, 0.25) is 11.0 Å². The number of hydrogen-bond donors (Lipinski definition) is 1. The number of benzene rings is 1. The molecule has 0 radical (unpaired) electrons. The molecule has 0 fully saturated rings. The van der Waals surface area contributed by atoms with E-state index in [1.807, 2.05) is 13.8 Å². The molecule has 29 heavy (non-hydrogen) atoms. The lowest BCUT2D eigenvalue weighted by Crippen LogP contribution is -2.47. The van der Waals surface area contributed by atoms with E-state index in [2.05, 4.69) is 29.4 Å². The van der Waals surface area contributed by atoms with E-state index in [1.165, 1.54) is 11.3 Å². The molecule has 1 aromatic carbocycles. The number of anilines is 1. The molecule has 1 atom stereocenters. The van der Waals surface area contributed by atoms with Crippen LogP contribution in [0.1, 0.15) is 78.6 Å². The van der Waals surface area contributed by atoms with Crippen molar-refractivity contribution in [3.63, 3.8) is 0 Å². The SMILES string of the molecule is CCC(CC)c1nnc(NC(=O)[C@H](CC(C)C)N2C(=O)c3ccccc3C2=O)s1. The topological polar surface area (TPSA) is 92.3 Å². The molecular formula is C21H26N4O3S. The zero-order valence-electron chi connectivity index (χ0n) is 17.1. The minimum Gasteiger partial charge on any atom is -0.299 e. The normalized spacial score (nSPS) is 14.6. The quantitative estimate of drug-likeness (QED) is 0.657. The predicted molar refractivity (Wildman–Crippen MR) is 112 cm³/mol. The Balaban J connectivity index is 1.84. The van der Waals surface area contributed by atoms with Crippen molar-refractivity contribution in [1.82, 2.24) is 15.1 Å². The summed E-state index contributed by atoms with van der Waals surface area (Å²) < 4.78 is 0. The van der Waals surface area contributed by atoms with Gasteiger partial charge in [0.1, 0.15) is 11.0 Å². The Morgan fingerprint density at radius 3 is 2.17 bits per heavy atom. The number of nitrogens with one attached hydrogen (secondary N) is 1. The van der Waals surface area contributed by atoms with Crippen molar-refractivity contribution < 1.29 is 14.4 Å². The molecule has 2 heterocycles. The second kappa shape index (κ2) is 8.82. The van der Waals surface area contributed by atoms with Crippen molar-refractivity contribution >= 4 is 34.2 Å². The molecule has 1 aliphatic heterocycles. The van der Waals surface area contributed by atoms with Crippen LogP contribution in [0.3, 0.4) is 0 Å². The van der Waals surface area contributed by atoms with Gasteiger partial charge in [0.25, 0.3) is 11.8 Å². The van der Waals surface area contributed by atoms with Gasteiger partial charge in [0.05, 0.1) is 11.1 Å². The summed E-state index contributed by atoms with van der Waals surface area (Å²) in [6.45, 7) is 8.09. The molecule has 1 aromatic heterocycles. The molecule has 0 saturated heterocycles. The number of carbonyl (C=O) groups is 3. The van der Waals surface area contributed by atoms with Crippen molar-refractivity contribution in [2.75, 3.05) is 5.32 Å². The van der Waals surface area contributed by atoms with E-state index in [0.717, 1.165) is 22.7 Å². The van der Waals surface area contributed by atoms with Crippen molar-refractivity contribution in [2.24, 2.45) is 5.92 Å². The fourth-order valence-corrected chi connectivity index (χ4v) is 4.56. The Labute approximate surface area is 174 Å². The maximum Gasteiger partial charge on any atom is 0.262 e. The average molecular weight is 415 g/mol. The van der Waals surface area contributed by atoms with Crippen molar-refractivity contribution in [3.05, 3.63) is 40.4 Å². The lowest BCUT2D eigenvalue weighted by atomic mass is 10.0. The van der Waals surface area contributed by atoms with Gasteiger partial charge in [0, 0.05) is 5.92 Å². The first-order chi connectivity index (χ1) is 13.9. The lowest BCUT2D eigenvalue weighted by molar-refractivity contribution is -0.120. The Hall–Kier alpha value is -2.61. The number of hydrogen-bond acceptors (Lipinski definition) is 6. The predicted octanol–water partition coefficient (Wildman–Crippen LogP) is 4.09. The van der Waals surface area contributed by atoms with E-state index in [1.54, 1.807) is 24.3 Å². The largest absolute Gasteiger partial charge is 0.299 e. The van der Waals surface area contributed by atoms with Gasteiger partial charge in [-0.15, -0.1) is 10.2 Å².